The van der Waals surface area contributed by atoms with Crippen LogP contribution < -0.4 is 11.5 Å². The van der Waals surface area contributed by atoms with Gasteiger partial charge >= 0.3 is 0 Å². The number of rotatable bonds is 4. The highest BCUT2D eigenvalue weighted by Crippen LogP contribution is 2.32. The zero-order chi connectivity index (χ0) is 16.5. The minimum absolute atomic E-state index is 0.000771. The van der Waals surface area contributed by atoms with Crippen LogP contribution in [0.1, 0.15) is 19.1 Å². The van der Waals surface area contributed by atoms with E-state index >= 15 is 0 Å². The average Bonchev–Trinajstić information content (AvgIpc) is 3.23. The van der Waals surface area contributed by atoms with Crippen molar-refractivity contribution in [2.45, 2.75) is 31.2 Å². The Bertz CT molecular complexity index is 705. The maximum atomic E-state index is 6.29. The third-order valence-corrected chi connectivity index (χ3v) is 5.00. The van der Waals surface area contributed by atoms with Crippen LogP contribution in [-0.4, -0.2) is 64.4 Å². The van der Waals surface area contributed by atoms with E-state index in [4.69, 9.17) is 20.9 Å². The van der Waals surface area contributed by atoms with Crippen molar-refractivity contribution in [3.63, 3.8) is 0 Å². The van der Waals surface area contributed by atoms with Gasteiger partial charge in [-0.3, -0.25) is 4.90 Å². The van der Waals surface area contributed by atoms with Crippen molar-refractivity contribution in [2.24, 2.45) is 5.73 Å². The molecule has 2 aromatic heterocycles. The summed E-state index contributed by atoms with van der Waals surface area (Å²) in [5.41, 5.74) is 12.6. The summed E-state index contributed by atoms with van der Waals surface area (Å²) in [6.07, 6.45) is 5.69. The third-order valence-electron chi connectivity index (χ3n) is 5.00. The number of fused-ring (bicyclic) bond motifs is 1. The number of anilines is 1. The number of hydrogen-bond donors (Lipinski definition) is 2. The Morgan fingerprint density at radius 2 is 2.21 bits per heavy atom. The lowest BCUT2D eigenvalue weighted by Gasteiger charge is -2.36. The summed E-state index contributed by atoms with van der Waals surface area (Å²) < 4.78 is 13.9. The summed E-state index contributed by atoms with van der Waals surface area (Å²) in [4.78, 5) is 10.8. The molecule has 8 nitrogen and oxygen atoms in total. The number of nitrogen functional groups attached to an aromatic ring is 1. The molecular weight excluding hydrogens is 308 g/mol. The molecule has 0 amide bonds. The lowest BCUT2D eigenvalue weighted by Crippen LogP contribution is -2.51. The Morgan fingerprint density at radius 1 is 1.29 bits per heavy atom. The molecule has 3 unspecified atom stereocenters. The first kappa shape index (κ1) is 15.8. The van der Waals surface area contributed by atoms with Gasteiger partial charge in [-0.05, 0) is 18.9 Å². The van der Waals surface area contributed by atoms with Gasteiger partial charge in [0.05, 0.1) is 24.7 Å². The molecular formula is C16H24N6O2. The molecule has 2 aromatic rings. The van der Waals surface area contributed by atoms with E-state index < -0.39 is 0 Å². The summed E-state index contributed by atoms with van der Waals surface area (Å²) in [5.74, 6) is 0.507. The highest BCUT2D eigenvalue weighted by Gasteiger charge is 2.31. The Labute approximate surface area is 140 Å². The van der Waals surface area contributed by atoms with Crippen LogP contribution in [0.5, 0.6) is 0 Å². The number of hydrogen-bond acceptors (Lipinski definition) is 7. The topological polar surface area (TPSA) is 104 Å². The zero-order valence-corrected chi connectivity index (χ0v) is 13.7. The van der Waals surface area contributed by atoms with Crippen LogP contribution >= 0.6 is 0 Å². The SMILES string of the molecule is NCC1COCCN1CC1CCC(n2ccc3c(N)ncnc32)O1. The summed E-state index contributed by atoms with van der Waals surface area (Å²) >= 11 is 0. The van der Waals surface area contributed by atoms with E-state index in [1.807, 2.05) is 12.3 Å². The van der Waals surface area contributed by atoms with Gasteiger partial charge in [-0.1, -0.05) is 0 Å². The van der Waals surface area contributed by atoms with Crippen molar-refractivity contribution in [1.29, 1.82) is 0 Å². The first-order valence-electron chi connectivity index (χ1n) is 8.50. The molecule has 8 heteroatoms. The molecule has 0 spiro atoms. The van der Waals surface area contributed by atoms with E-state index in [0.29, 0.717) is 25.0 Å². The molecule has 4 rings (SSSR count). The number of ether oxygens (including phenoxy) is 2. The number of nitrogens with two attached hydrogens (primary N) is 2. The van der Waals surface area contributed by atoms with E-state index in [2.05, 4.69) is 19.4 Å². The Hall–Kier alpha value is -1.74. The first-order valence-corrected chi connectivity index (χ1v) is 8.50. The average molecular weight is 332 g/mol. The molecule has 2 aliphatic rings. The molecule has 2 saturated heterocycles. The van der Waals surface area contributed by atoms with Crippen molar-refractivity contribution in [1.82, 2.24) is 19.4 Å². The van der Waals surface area contributed by atoms with Crippen LogP contribution in [0.4, 0.5) is 5.82 Å². The standard InChI is InChI=1S/C16H24N6O2/c17-7-11-9-23-6-5-21(11)8-12-1-2-14(24-12)22-4-3-13-15(18)19-10-20-16(13)22/h3-4,10-12,14H,1-2,5-9,17H2,(H2,18,19,20). The van der Waals surface area contributed by atoms with Crippen molar-refractivity contribution in [2.75, 3.05) is 38.6 Å². The van der Waals surface area contributed by atoms with Gasteiger partial charge in [0.1, 0.15) is 24.0 Å². The first-order chi connectivity index (χ1) is 11.8. The number of nitrogens with zero attached hydrogens (tertiary/aromatic N) is 4. The fourth-order valence-corrected chi connectivity index (χ4v) is 3.66. The van der Waals surface area contributed by atoms with Crippen LogP contribution in [0.25, 0.3) is 11.0 Å². The molecule has 0 aromatic carbocycles. The molecule has 4 N–H and O–H groups in total. The van der Waals surface area contributed by atoms with E-state index in [0.717, 1.165) is 43.6 Å². The second-order valence-electron chi connectivity index (χ2n) is 6.47. The van der Waals surface area contributed by atoms with Crippen LogP contribution in [0, 0.1) is 0 Å². The van der Waals surface area contributed by atoms with Gasteiger partial charge in [0, 0.05) is 31.9 Å². The largest absolute Gasteiger partial charge is 0.383 e. The van der Waals surface area contributed by atoms with Gasteiger partial charge in [0.2, 0.25) is 0 Å². The minimum atomic E-state index is -0.000771. The number of morpholine rings is 1. The van der Waals surface area contributed by atoms with Gasteiger partial charge < -0.3 is 25.5 Å². The molecule has 3 atom stereocenters. The molecule has 24 heavy (non-hydrogen) atoms. The summed E-state index contributed by atoms with van der Waals surface area (Å²) in [5, 5.41) is 0.876. The quantitative estimate of drug-likeness (QED) is 0.832. The molecule has 0 radical (unpaired) electrons. The molecule has 2 fully saturated rings. The maximum Gasteiger partial charge on any atom is 0.147 e. The van der Waals surface area contributed by atoms with Crippen molar-refractivity contribution < 1.29 is 9.47 Å². The molecule has 4 heterocycles. The van der Waals surface area contributed by atoms with Crippen LogP contribution in [-0.2, 0) is 9.47 Å². The predicted octanol–water partition coefficient (Wildman–Crippen LogP) is 0.351. The maximum absolute atomic E-state index is 6.29. The third kappa shape index (κ3) is 2.86. The van der Waals surface area contributed by atoms with Crippen molar-refractivity contribution in [3.8, 4) is 0 Å². The normalized spacial score (nSPS) is 28.6. The predicted molar refractivity (Wildman–Crippen MR) is 90.3 cm³/mol. The molecule has 0 saturated carbocycles. The highest BCUT2D eigenvalue weighted by atomic mass is 16.5. The van der Waals surface area contributed by atoms with Crippen LogP contribution in [0.3, 0.4) is 0 Å². The van der Waals surface area contributed by atoms with Gasteiger partial charge in [0.25, 0.3) is 0 Å². The van der Waals surface area contributed by atoms with Gasteiger partial charge in [-0.15, -0.1) is 0 Å². The highest BCUT2D eigenvalue weighted by molar-refractivity contribution is 5.86. The minimum Gasteiger partial charge on any atom is -0.383 e. The fourth-order valence-electron chi connectivity index (χ4n) is 3.66. The molecule has 0 aliphatic carbocycles. The lowest BCUT2D eigenvalue weighted by atomic mass is 10.1. The second-order valence-corrected chi connectivity index (χ2v) is 6.47. The van der Waals surface area contributed by atoms with E-state index in [1.54, 1.807) is 0 Å². The molecule has 2 aliphatic heterocycles. The number of aromatic nitrogens is 3. The summed E-state index contributed by atoms with van der Waals surface area (Å²) in [6, 6.07) is 2.25. The fraction of sp³-hybridized carbons (Fsp3) is 0.625. The Balaban J connectivity index is 1.45. The lowest BCUT2D eigenvalue weighted by molar-refractivity contribution is -0.0507. The van der Waals surface area contributed by atoms with E-state index in [-0.39, 0.29) is 12.3 Å². The van der Waals surface area contributed by atoms with Crippen LogP contribution in [0.2, 0.25) is 0 Å². The smallest absolute Gasteiger partial charge is 0.147 e. The van der Waals surface area contributed by atoms with Gasteiger partial charge in [-0.25, -0.2) is 9.97 Å². The van der Waals surface area contributed by atoms with Gasteiger partial charge in [-0.2, -0.15) is 0 Å². The van der Waals surface area contributed by atoms with Crippen molar-refractivity contribution in [3.05, 3.63) is 18.6 Å². The van der Waals surface area contributed by atoms with Crippen LogP contribution in [0.15, 0.2) is 18.6 Å². The van der Waals surface area contributed by atoms with E-state index in [9.17, 15) is 0 Å². The molecule has 130 valence electrons. The summed E-state index contributed by atoms with van der Waals surface area (Å²) in [7, 11) is 0. The Morgan fingerprint density at radius 3 is 3.08 bits per heavy atom. The van der Waals surface area contributed by atoms with Gasteiger partial charge in [0.15, 0.2) is 0 Å². The van der Waals surface area contributed by atoms with E-state index in [1.165, 1.54) is 6.33 Å². The summed E-state index contributed by atoms with van der Waals surface area (Å²) in [6.45, 7) is 3.92. The monoisotopic (exact) mass is 332 g/mol. The Kier molecular flexibility index (Phi) is 4.36. The second kappa shape index (κ2) is 6.64. The van der Waals surface area contributed by atoms with Crippen molar-refractivity contribution >= 4 is 16.9 Å². The zero-order valence-electron chi connectivity index (χ0n) is 13.7. The molecule has 0 bridgehead atoms.